The van der Waals surface area contributed by atoms with Crippen molar-refractivity contribution in [2.24, 2.45) is 0 Å². The lowest BCUT2D eigenvalue weighted by Crippen LogP contribution is -2.35. The van der Waals surface area contributed by atoms with Gasteiger partial charge in [0.2, 0.25) is 5.91 Å². The first kappa shape index (κ1) is 21.8. The molecule has 0 radical (unpaired) electrons. The molecule has 0 aromatic heterocycles. The Hall–Kier alpha value is -3.53. The van der Waals surface area contributed by atoms with Crippen LogP contribution in [0, 0.1) is 11.3 Å². The van der Waals surface area contributed by atoms with E-state index in [1.807, 2.05) is 56.3 Å². The molecule has 0 bridgehead atoms. The van der Waals surface area contributed by atoms with Crippen molar-refractivity contribution in [1.29, 1.82) is 5.26 Å². The molecule has 0 saturated heterocycles. The third-order valence-electron chi connectivity index (χ3n) is 3.88. The van der Waals surface area contributed by atoms with Crippen molar-refractivity contribution >= 4 is 17.6 Å². The van der Waals surface area contributed by atoms with E-state index in [9.17, 15) is 9.59 Å². The van der Waals surface area contributed by atoms with Gasteiger partial charge in [0.1, 0.15) is 12.4 Å². The minimum atomic E-state index is -0.367. The van der Waals surface area contributed by atoms with Crippen molar-refractivity contribution in [3.8, 4) is 11.8 Å². The molecule has 0 aliphatic heterocycles. The summed E-state index contributed by atoms with van der Waals surface area (Å²) in [6.45, 7) is 4.39. The molecule has 29 heavy (non-hydrogen) atoms. The van der Waals surface area contributed by atoms with Gasteiger partial charge in [0.15, 0.2) is 0 Å². The van der Waals surface area contributed by atoms with Gasteiger partial charge in [-0.15, -0.1) is 0 Å². The van der Waals surface area contributed by atoms with E-state index >= 15 is 0 Å². The van der Waals surface area contributed by atoms with Crippen LogP contribution in [0.15, 0.2) is 48.5 Å². The Morgan fingerprint density at radius 3 is 2.55 bits per heavy atom. The second kappa shape index (κ2) is 11.3. The Kier molecular flexibility index (Phi) is 8.51. The number of carbonyl (C=O) groups is 2. The number of nitrogens with zero attached hydrogens (tertiary/aromatic N) is 1. The SMILES string of the molecule is CC(C)NC(=O)CCNC(=O)Nc1cccc(COc2ccc(CC#N)cc2)c1. The van der Waals surface area contributed by atoms with Crippen molar-refractivity contribution in [3.05, 3.63) is 59.7 Å². The van der Waals surface area contributed by atoms with Gasteiger partial charge in [0, 0.05) is 24.7 Å². The summed E-state index contributed by atoms with van der Waals surface area (Å²) >= 11 is 0. The van der Waals surface area contributed by atoms with Crippen LogP contribution in [-0.4, -0.2) is 24.5 Å². The highest BCUT2D eigenvalue weighted by Crippen LogP contribution is 2.16. The fourth-order valence-corrected chi connectivity index (χ4v) is 2.56. The van der Waals surface area contributed by atoms with Crippen molar-refractivity contribution in [1.82, 2.24) is 10.6 Å². The van der Waals surface area contributed by atoms with E-state index in [1.54, 1.807) is 6.07 Å². The predicted molar refractivity (Wildman–Crippen MR) is 111 cm³/mol. The molecule has 7 heteroatoms. The lowest BCUT2D eigenvalue weighted by atomic mass is 10.1. The summed E-state index contributed by atoms with van der Waals surface area (Å²) in [4.78, 5) is 23.6. The standard InChI is InChI=1S/C22H26N4O3/c1-16(2)25-21(27)11-13-24-22(28)26-19-5-3-4-18(14-19)15-29-20-8-6-17(7-9-20)10-12-23/h3-9,14,16H,10-11,13,15H2,1-2H3,(H,25,27)(H2,24,26,28). The first-order chi connectivity index (χ1) is 14.0. The molecule has 7 nitrogen and oxygen atoms in total. The lowest BCUT2D eigenvalue weighted by Gasteiger charge is -2.11. The first-order valence-corrected chi connectivity index (χ1v) is 9.48. The number of amides is 3. The van der Waals surface area contributed by atoms with E-state index in [0.29, 0.717) is 24.5 Å². The summed E-state index contributed by atoms with van der Waals surface area (Å²) in [5, 5.41) is 16.9. The van der Waals surface area contributed by atoms with Crippen LogP contribution in [0.1, 0.15) is 31.4 Å². The molecular formula is C22H26N4O3. The Balaban J connectivity index is 1.79. The smallest absolute Gasteiger partial charge is 0.319 e. The highest BCUT2D eigenvalue weighted by Gasteiger charge is 2.06. The molecule has 152 valence electrons. The van der Waals surface area contributed by atoms with Crippen molar-refractivity contribution in [2.45, 2.75) is 39.3 Å². The highest BCUT2D eigenvalue weighted by atomic mass is 16.5. The maximum atomic E-state index is 12.0. The van der Waals surface area contributed by atoms with Crippen LogP contribution in [0.3, 0.4) is 0 Å². The highest BCUT2D eigenvalue weighted by molar-refractivity contribution is 5.89. The molecule has 0 saturated carbocycles. The second-order valence-corrected chi connectivity index (χ2v) is 6.82. The Morgan fingerprint density at radius 1 is 1.10 bits per heavy atom. The molecule has 3 N–H and O–H groups in total. The number of ether oxygens (including phenoxy) is 1. The zero-order valence-electron chi connectivity index (χ0n) is 16.7. The fraction of sp³-hybridized carbons (Fsp3) is 0.318. The molecular weight excluding hydrogens is 368 g/mol. The molecule has 0 heterocycles. The van der Waals surface area contributed by atoms with Crippen LogP contribution < -0.4 is 20.7 Å². The van der Waals surface area contributed by atoms with Gasteiger partial charge in [-0.3, -0.25) is 4.79 Å². The van der Waals surface area contributed by atoms with Crippen LogP contribution in [0.5, 0.6) is 5.75 Å². The Labute approximate surface area is 171 Å². The minimum Gasteiger partial charge on any atom is -0.489 e. The normalized spacial score (nSPS) is 10.1. The molecule has 3 amide bonds. The number of anilines is 1. The largest absolute Gasteiger partial charge is 0.489 e. The average molecular weight is 394 g/mol. The second-order valence-electron chi connectivity index (χ2n) is 6.82. The number of carbonyl (C=O) groups excluding carboxylic acids is 2. The molecule has 2 aromatic rings. The number of nitriles is 1. The van der Waals surface area contributed by atoms with Crippen LogP contribution >= 0.6 is 0 Å². The van der Waals surface area contributed by atoms with E-state index in [-0.39, 0.29) is 30.9 Å². The van der Waals surface area contributed by atoms with E-state index in [1.165, 1.54) is 0 Å². The van der Waals surface area contributed by atoms with Gasteiger partial charge in [0.25, 0.3) is 0 Å². The summed E-state index contributed by atoms with van der Waals surface area (Å²) in [5.41, 5.74) is 2.48. The van der Waals surface area contributed by atoms with Gasteiger partial charge >= 0.3 is 6.03 Å². The number of nitrogens with one attached hydrogen (secondary N) is 3. The summed E-state index contributed by atoms with van der Waals surface area (Å²) in [7, 11) is 0. The minimum absolute atomic E-state index is 0.0803. The first-order valence-electron chi connectivity index (χ1n) is 9.48. The van der Waals surface area contributed by atoms with E-state index in [4.69, 9.17) is 10.00 Å². The number of hydrogen-bond donors (Lipinski definition) is 3. The monoisotopic (exact) mass is 394 g/mol. The van der Waals surface area contributed by atoms with Crippen molar-refractivity contribution in [2.75, 3.05) is 11.9 Å². The Bertz CT molecular complexity index is 857. The lowest BCUT2D eigenvalue weighted by molar-refractivity contribution is -0.121. The average Bonchev–Trinajstić information content (AvgIpc) is 2.67. The third-order valence-corrected chi connectivity index (χ3v) is 3.88. The topological polar surface area (TPSA) is 103 Å². The quantitative estimate of drug-likeness (QED) is 0.607. The number of hydrogen-bond acceptors (Lipinski definition) is 4. The van der Waals surface area contributed by atoms with Gasteiger partial charge in [-0.25, -0.2) is 4.79 Å². The summed E-state index contributed by atoms with van der Waals surface area (Å²) < 4.78 is 5.75. The summed E-state index contributed by atoms with van der Waals surface area (Å²) in [6.07, 6.45) is 0.602. The van der Waals surface area contributed by atoms with Crippen molar-refractivity contribution in [3.63, 3.8) is 0 Å². The van der Waals surface area contributed by atoms with Crippen LogP contribution in [0.4, 0.5) is 10.5 Å². The van der Waals surface area contributed by atoms with Gasteiger partial charge < -0.3 is 20.7 Å². The van der Waals surface area contributed by atoms with Crippen LogP contribution in [0.2, 0.25) is 0 Å². The summed E-state index contributed by atoms with van der Waals surface area (Å²) in [5.74, 6) is 0.613. The van der Waals surface area contributed by atoms with E-state index in [2.05, 4.69) is 22.0 Å². The molecule has 0 atom stereocenters. The van der Waals surface area contributed by atoms with E-state index in [0.717, 1.165) is 11.1 Å². The third kappa shape index (κ3) is 8.35. The predicted octanol–water partition coefficient (Wildman–Crippen LogP) is 3.37. The zero-order chi connectivity index (χ0) is 21.1. The fourth-order valence-electron chi connectivity index (χ4n) is 2.56. The van der Waals surface area contributed by atoms with Crippen molar-refractivity contribution < 1.29 is 14.3 Å². The number of urea groups is 1. The molecule has 2 rings (SSSR count). The Morgan fingerprint density at radius 2 is 1.86 bits per heavy atom. The van der Waals surface area contributed by atoms with Gasteiger partial charge in [0.05, 0.1) is 12.5 Å². The van der Waals surface area contributed by atoms with Crippen LogP contribution in [0.25, 0.3) is 0 Å². The van der Waals surface area contributed by atoms with Gasteiger partial charge in [-0.1, -0.05) is 24.3 Å². The molecule has 0 spiro atoms. The maximum Gasteiger partial charge on any atom is 0.319 e. The van der Waals surface area contributed by atoms with Gasteiger partial charge in [-0.2, -0.15) is 5.26 Å². The molecule has 0 aliphatic carbocycles. The van der Waals surface area contributed by atoms with E-state index < -0.39 is 0 Å². The maximum absolute atomic E-state index is 12.0. The zero-order valence-corrected chi connectivity index (χ0v) is 16.7. The molecule has 0 unspecified atom stereocenters. The number of benzene rings is 2. The molecule has 0 aliphatic rings. The molecule has 0 fully saturated rings. The van der Waals surface area contributed by atoms with Crippen LogP contribution in [-0.2, 0) is 17.8 Å². The van der Waals surface area contributed by atoms with Gasteiger partial charge in [-0.05, 0) is 49.2 Å². The molecule has 2 aromatic carbocycles. The summed E-state index contributed by atoms with van der Waals surface area (Å²) in [6, 6.07) is 16.6. The number of rotatable bonds is 9.